The number of likely N-dealkylation sites (tertiary alicyclic amines) is 1. The van der Waals surface area contributed by atoms with Crippen LogP contribution in [0, 0.1) is 29.9 Å². The third-order valence-electron chi connectivity index (χ3n) is 5.92. The number of piperidine rings is 1. The summed E-state index contributed by atoms with van der Waals surface area (Å²) < 4.78 is 12.8. The first-order chi connectivity index (χ1) is 14.4. The van der Waals surface area contributed by atoms with Crippen molar-refractivity contribution in [3.05, 3.63) is 56.9 Å². The Bertz CT molecular complexity index is 926. The lowest BCUT2D eigenvalue weighted by atomic mass is 9.95. The molecule has 1 aromatic carbocycles. The standard InChI is InChI=1S/C21H26N4O5/c1-14-19(25(27)28)15(2)24(22-14)13-16-3-5-17(6-4-16)20(26)23-9-7-18(8-10-23)21-29-11-12-30-21/h3-6,18,21H,7-13H2,1-2H3. The predicted molar refractivity (Wildman–Crippen MR) is 108 cm³/mol. The number of hydrogen-bond acceptors (Lipinski definition) is 6. The topological polar surface area (TPSA) is 99.7 Å². The van der Waals surface area contributed by atoms with Gasteiger partial charge >= 0.3 is 5.69 Å². The zero-order valence-electron chi connectivity index (χ0n) is 17.2. The number of nitro groups is 1. The van der Waals surface area contributed by atoms with Crippen LogP contribution in [-0.4, -0.2) is 58.1 Å². The van der Waals surface area contributed by atoms with Crippen molar-refractivity contribution in [2.45, 2.75) is 39.5 Å². The number of ether oxygens (including phenoxy) is 2. The van der Waals surface area contributed by atoms with E-state index in [4.69, 9.17) is 9.47 Å². The van der Waals surface area contributed by atoms with E-state index in [1.807, 2.05) is 29.2 Å². The van der Waals surface area contributed by atoms with E-state index in [1.54, 1.807) is 18.5 Å². The lowest BCUT2D eigenvalue weighted by Crippen LogP contribution is -2.41. The molecule has 2 saturated heterocycles. The maximum absolute atomic E-state index is 12.8. The first-order valence-corrected chi connectivity index (χ1v) is 10.2. The summed E-state index contributed by atoms with van der Waals surface area (Å²) in [6, 6.07) is 7.38. The van der Waals surface area contributed by atoms with Gasteiger partial charge < -0.3 is 14.4 Å². The Morgan fingerprint density at radius 2 is 1.80 bits per heavy atom. The Morgan fingerprint density at radius 3 is 2.37 bits per heavy atom. The van der Waals surface area contributed by atoms with Crippen LogP contribution in [0.1, 0.15) is 40.2 Å². The summed E-state index contributed by atoms with van der Waals surface area (Å²) in [7, 11) is 0. The van der Waals surface area contributed by atoms with Gasteiger partial charge in [-0.15, -0.1) is 0 Å². The molecule has 9 heteroatoms. The average molecular weight is 414 g/mol. The highest BCUT2D eigenvalue weighted by molar-refractivity contribution is 5.94. The Balaban J connectivity index is 1.37. The van der Waals surface area contributed by atoms with Crippen molar-refractivity contribution in [2.75, 3.05) is 26.3 Å². The molecule has 0 aliphatic carbocycles. The third kappa shape index (κ3) is 4.08. The van der Waals surface area contributed by atoms with Gasteiger partial charge in [-0.25, -0.2) is 0 Å². The van der Waals surface area contributed by atoms with E-state index < -0.39 is 4.92 Å². The number of carbonyl (C=O) groups excluding carboxylic acids is 1. The number of aromatic nitrogens is 2. The van der Waals surface area contributed by atoms with Crippen LogP contribution < -0.4 is 0 Å². The van der Waals surface area contributed by atoms with Crippen molar-refractivity contribution in [1.82, 2.24) is 14.7 Å². The van der Waals surface area contributed by atoms with Gasteiger partial charge in [-0.2, -0.15) is 5.10 Å². The summed E-state index contributed by atoms with van der Waals surface area (Å²) in [5.74, 6) is 0.374. The molecule has 0 radical (unpaired) electrons. The van der Waals surface area contributed by atoms with Gasteiger partial charge in [0.2, 0.25) is 0 Å². The van der Waals surface area contributed by atoms with E-state index in [0.29, 0.717) is 55.7 Å². The molecule has 2 aliphatic heterocycles. The van der Waals surface area contributed by atoms with Crippen LogP contribution in [0.2, 0.25) is 0 Å². The summed E-state index contributed by atoms with van der Waals surface area (Å²) in [5.41, 5.74) is 2.56. The molecule has 3 heterocycles. The van der Waals surface area contributed by atoms with E-state index in [1.165, 1.54) is 0 Å². The van der Waals surface area contributed by atoms with Crippen LogP contribution in [0.4, 0.5) is 5.69 Å². The lowest BCUT2D eigenvalue weighted by Gasteiger charge is -2.33. The predicted octanol–water partition coefficient (Wildman–Crippen LogP) is 2.68. The summed E-state index contributed by atoms with van der Waals surface area (Å²) in [4.78, 5) is 25.5. The first-order valence-electron chi connectivity index (χ1n) is 10.2. The molecule has 0 saturated carbocycles. The van der Waals surface area contributed by atoms with Crippen molar-refractivity contribution in [3.8, 4) is 0 Å². The zero-order chi connectivity index (χ0) is 21.3. The maximum atomic E-state index is 12.8. The lowest BCUT2D eigenvalue weighted by molar-refractivity contribution is -0.386. The zero-order valence-corrected chi connectivity index (χ0v) is 17.2. The smallest absolute Gasteiger partial charge is 0.312 e. The molecule has 2 aromatic rings. The van der Waals surface area contributed by atoms with Gasteiger partial charge in [0.1, 0.15) is 11.4 Å². The van der Waals surface area contributed by atoms with Gasteiger partial charge in [-0.3, -0.25) is 19.6 Å². The van der Waals surface area contributed by atoms with Gasteiger partial charge in [0.15, 0.2) is 6.29 Å². The van der Waals surface area contributed by atoms with E-state index in [2.05, 4.69) is 5.10 Å². The Labute approximate surface area is 174 Å². The second-order valence-corrected chi connectivity index (χ2v) is 7.87. The van der Waals surface area contributed by atoms with Crippen molar-refractivity contribution >= 4 is 11.6 Å². The van der Waals surface area contributed by atoms with Gasteiger partial charge in [0.25, 0.3) is 5.91 Å². The Kier molecular flexibility index (Phi) is 5.83. The molecule has 0 unspecified atom stereocenters. The van der Waals surface area contributed by atoms with Gasteiger partial charge in [0.05, 0.1) is 24.7 Å². The van der Waals surface area contributed by atoms with Crippen LogP contribution in [0.15, 0.2) is 24.3 Å². The number of aryl methyl sites for hydroxylation is 1. The highest BCUT2D eigenvalue weighted by atomic mass is 16.7. The molecule has 2 aliphatic rings. The van der Waals surface area contributed by atoms with Gasteiger partial charge in [-0.05, 0) is 44.4 Å². The van der Waals surface area contributed by atoms with Gasteiger partial charge in [-0.1, -0.05) is 12.1 Å². The van der Waals surface area contributed by atoms with Gasteiger partial charge in [0, 0.05) is 24.6 Å². The minimum atomic E-state index is -0.399. The molecular formula is C21H26N4O5. The fourth-order valence-electron chi connectivity index (χ4n) is 4.24. The third-order valence-corrected chi connectivity index (χ3v) is 5.92. The normalized spacial score (nSPS) is 18.1. The maximum Gasteiger partial charge on any atom is 0.312 e. The molecule has 160 valence electrons. The van der Waals surface area contributed by atoms with Crippen LogP contribution in [0.3, 0.4) is 0 Å². The van der Waals surface area contributed by atoms with Crippen molar-refractivity contribution in [1.29, 1.82) is 0 Å². The minimum Gasteiger partial charge on any atom is -0.350 e. The number of amides is 1. The van der Waals surface area contributed by atoms with E-state index in [-0.39, 0.29) is 17.9 Å². The molecule has 2 fully saturated rings. The van der Waals surface area contributed by atoms with E-state index in [9.17, 15) is 14.9 Å². The summed E-state index contributed by atoms with van der Waals surface area (Å²) in [6.07, 6.45) is 1.64. The van der Waals surface area contributed by atoms with E-state index >= 15 is 0 Å². The van der Waals surface area contributed by atoms with Crippen LogP contribution in [-0.2, 0) is 16.0 Å². The Hall–Kier alpha value is -2.78. The monoisotopic (exact) mass is 414 g/mol. The summed E-state index contributed by atoms with van der Waals surface area (Å²) >= 11 is 0. The number of carbonyl (C=O) groups is 1. The van der Waals surface area contributed by atoms with Crippen molar-refractivity contribution in [2.24, 2.45) is 5.92 Å². The molecule has 4 rings (SSSR count). The van der Waals surface area contributed by atoms with Crippen LogP contribution in [0.5, 0.6) is 0 Å². The fourth-order valence-corrected chi connectivity index (χ4v) is 4.24. The molecule has 1 aromatic heterocycles. The van der Waals surface area contributed by atoms with Crippen molar-refractivity contribution < 1.29 is 19.2 Å². The summed E-state index contributed by atoms with van der Waals surface area (Å²) in [6.45, 7) is 6.46. The number of rotatable bonds is 5. The second-order valence-electron chi connectivity index (χ2n) is 7.87. The minimum absolute atomic E-state index is 0.0232. The number of nitrogens with zero attached hydrogens (tertiary/aromatic N) is 4. The number of hydrogen-bond donors (Lipinski definition) is 0. The van der Waals surface area contributed by atoms with Crippen molar-refractivity contribution in [3.63, 3.8) is 0 Å². The second kappa shape index (κ2) is 8.53. The molecule has 1 amide bonds. The van der Waals surface area contributed by atoms with E-state index in [0.717, 1.165) is 18.4 Å². The highest BCUT2D eigenvalue weighted by Gasteiger charge is 2.32. The molecule has 9 nitrogen and oxygen atoms in total. The largest absolute Gasteiger partial charge is 0.350 e. The molecule has 0 spiro atoms. The molecule has 0 bridgehead atoms. The Morgan fingerprint density at radius 1 is 1.17 bits per heavy atom. The molecular weight excluding hydrogens is 388 g/mol. The summed E-state index contributed by atoms with van der Waals surface area (Å²) in [5, 5.41) is 15.4. The molecule has 30 heavy (non-hydrogen) atoms. The SMILES string of the molecule is Cc1nn(Cc2ccc(C(=O)N3CCC(C4OCCO4)CC3)cc2)c(C)c1[N+](=O)[O-]. The molecule has 0 atom stereocenters. The van der Waals surface area contributed by atoms with Crippen LogP contribution >= 0.6 is 0 Å². The first kappa shape index (κ1) is 20.5. The fraction of sp³-hybridized carbons (Fsp3) is 0.524. The highest BCUT2D eigenvalue weighted by Crippen LogP contribution is 2.27. The average Bonchev–Trinajstić information content (AvgIpc) is 3.37. The quantitative estimate of drug-likeness (QED) is 0.551. The number of benzene rings is 1. The molecule has 0 N–H and O–H groups in total. The van der Waals surface area contributed by atoms with Crippen LogP contribution in [0.25, 0.3) is 0 Å².